The molecule has 40 heavy (non-hydrogen) atoms. The number of benzene rings is 3. The number of hydrogen-bond acceptors (Lipinski definition) is 6. The van der Waals surface area contributed by atoms with E-state index in [0.29, 0.717) is 35.6 Å². The second-order valence-electron chi connectivity index (χ2n) is 11.2. The lowest BCUT2D eigenvalue weighted by atomic mass is 9.79. The highest BCUT2D eigenvalue weighted by molar-refractivity contribution is 7.89. The van der Waals surface area contributed by atoms with Crippen LogP contribution in [0.25, 0.3) is 21.9 Å². The van der Waals surface area contributed by atoms with E-state index in [-0.39, 0.29) is 11.0 Å². The van der Waals surface area contributed by atoms with Gasteiger partial charge in [-0.25, -0.2) is 8.42 Å². The average molecular weight is 585 g/mol. The molecule has 1 saturated heterocycles. The average Bonchev–Trinajstić information content (AvgIpc) is 3.33. The van der Waals surface area contributed by atoms with Gasteiger partial charge in [0, 0.05) is 36.8 Å². The summed E-state index contributed by atoms with van der Waals surface area (Å²) >= 11 is 6.98. The first-order valence-electron chi connectivity index (χ1n) is 13.5. The summed E-state index contributed by atoms with van der Waals surface area (Å²) in [5.41, 5.74) is 1.08. The second kappa shape index (κ2) is 10.9. The fourth-order valence-electron chi connectivity index (χ4n) is 5.64. The molecule has 0 bridgehead atoms. The van der Waals surface area contributed by atoms with E-state index in [9.17, 15) is 8.42 Å². The van der Waals surface area contributed by atoms with Crippen molar-refractivity contribution in [3.8, 4) is 22.6 Å². The van der Waals surface area contributed by atoms with Gasteiger partial charge < -0.3 is 19.1 Å². The zero-order valence-electron chi connectivity index (χ0n) is 23.7. The third kappa shape index (κ3) is 5.55. The molecule has 1 N–H and O–H groups in total. The molecular formula is C31H37ClN2O5S. The molecule has 1 aliphatic heterocycles. The molecule has 3 aromatic rings. The van der Waals surface area contributed by atoms with E-state index in [2.05, 4.69) is 16.7 Å². The molecule has 3 aromatic carbocycles. The highest BCUT2D eigenvalue weighted by Gasteiger charge is 2.49. The van der Waals surface area contributed by atoms with Crippen LogP contribution >= 0.6 is 11.6 Å². The Bertz CT molecular complexity index is 1550. The Hall–Kier alpha value is -2.78. The molecule has 5 rings (SSSR count). The van der Waals surface area contributed by atoms with Crippen LogP contribution in [-0.2, 0) is 14.8 Å². The van der Waals surface area contributed by atoms with E-state index in [0.717, 1.165) is 35.8 Å². The maximum Gasteiger partial charge on any atom is 0.262 e. The summed E-state index contributed by atoms with van der Waals surface area (Å²) < 4.78 is 48.6. The van der Waals surface area contributed by atoms with Crippen LogP contribution < -0.4 is 14.2 Å². The van der Waals surface area contributed by atoms with Crippen molar-refractivity contribution in [1.29, 1.82) is 0 Å². The Kier molecular flexibility index (Phi) is 7.83. The molecule has 0 saturated carbocycles. The van der Waals surface area contributed by atoms with Crippen molar-refractivity contribution < 1.29 is 22.6 Å². The van der Waals surface area contributed by atoms with Crippen molar-refractivity contribution >= 4 is 32.4 Å². The number of nitrogens with zero attached hydrogens (tertiary/aromatic N) is 1. The molecule has 0 amide bonds. The summed E-state index contributed by atoms with van der Waals surface area (Å²) in [6, 6.07) is 17.1. The minimum absolute atomic E-state index is 0.0504. The molecule has 1 heterocycles. The number of ether oxygens (including phenoxy) is 3. The van der Waals surface area contributed by atoms with Gasteiger partial charge in [0.05, 0.1) is 35.7 Å². The van der Waals surface area contributed by atoms with E-state index in [1.54, 1.807) is 6.07 Å². The van der Waals surface area contributed by atoms with Crippen LogP contribution in [0.1, 0.15) is 33.1 Å². The minimum atomic E-state index is -4.03. The summed E-state index contributed by atoms with van der Waals surface area (Å²) in [7, 11) is 1.06. The van der Waals surface area contributed by atoms with E-state index >= 15 is 0 Å². The lowest BCUT2D eigenvalue weighted by Gasteiger charge is -2.46. The van der Waals surface area contributed by atoms with Gasteiger partial charge in [0.25, 0.3) is 10.0 Å². The minimum Gasteiger partial charge on any atom is -0.493 e. The van der Waals surface area contributed by atoms with Gasteiger partial charge in [0.2, 0.25) is 0 Å². The molecule has 7 nitrogen and oxygen atoms in total. The second-order valence-corrected chi connectivity index (χ2v) is 13.7. The number of hydrogen-bond donors (Lipinski definition) is 1. The highest BCUT2D eigenvalue weighted by Crippen LogP contribution is 2.45. The molecule has 0 spiro atoms. The van der Waals surface area contributed by atoms with Crippen LogP contribution in [0.2, 0.25) is 0 Å². The number of likely N-dealkylation sites (tertiary alicyclic amines) is 1. The van der Waals surface area contributed by atoms with E-state index < -0.39 is 20.5 Å². The van der Waals surface area contributed by atoms with E-state index in [4.69, 9.17) is 25.8 Å². The molecule has 0 aromatic heterocycles. The van der Waals surface area contributed by atoms with Crippen molar-refractivity contribution in [2.24, 2.45) is 0 Å². The summed E-state index contributed by atoms with van der Waals surface area (Å²) in [6.07, 6.45) is 3.65. The molecule has 2 unspecified atom stereocenters. The smallest absolute Gasteiger partial charge is 0.262 e. The van der Waals surface area contributed by atoms with Crippen LogP contribution in [-0.4, -0.2) is 64.3 Å². The lowest BCUT2D eigenvalue weighted by molar-refractivity contribution is -0.102. The van der Waals surface area contributed by atoms with Gasteiger partial charge in [-0.15, -0.1) is 11.6 Å². The number of halogens is 1. The molecule has 9 heteroatoms. The normalized spacial score (nSPS) is 25.6. The van der Waals surface area contributed by atoms with Gasteiger partial charge >= 0.3 is 0 Å². The SMILES string of the molecule is COc1cc(-c2ccc3ccccc3c2)c(S(=O)(=O)NC2=CCC(C)(Cl)C(C)(O[C@@H]3CCN(C)C3)C2)cc1OC. The molecule has 2 aliphatic rings. The number of likely N-dealkylation sites (N-methyl/N-ethyl adjacent to an activating group) is 1. The third-order valence-corrected chi connectivity index (χ3v) is 10.2. The molecule has 3 atom stereocenters. The van der Waals surface area contributed by atoms with Crippen LogP contribution in [0.4, 0.5) is 0 Å². The molecule has 1 fully saturated rings. The Morgan fingerprint density at radius 3 is 2.38 bits per heavy atom. The van der Waals surface area contributed by atoms with Gasteiger partial charge in [-0.2, -0.15) is 0 Å². The maximum atomic E-state index is 14.1. The fraction of sp³-hybridized carbons (Fsp3) is 0.419. The van der Waals surface area contributed by atoms with Crippen molar-refractivity contribution in [3.05, 3.63) is 66.4 Å². The molecule has 0 radical (unpaired) electrons. The summed E-state index contributed by atoms with van der Waals surface area (Å²) in [5, 5.41) is 2.08. The molecule has 1 aliphatic carbocycles. The monoisotopic (exact) mass is 584 g/mol. The Balaban J connectivity index is 1.51. The predicted octanol–water partition coefficient (Wildman–Crippen LogP) is 5.96. The number of nitrogens with one attached hydrogen (secondary N) is 1. The topological polar surface area (TPSA) is 77.1 Å². The van der Waals surface area contributed by atoms with Gasteiger partial charge in [-0.05, 0) is 62.2 Å². The van der Waals surface area contributed by atoms with Crippen LogP contribution in [0, 0.1) is 0 Å². The summed E-state index contributed by atoms with van der Waals surface area (Å²) in [6.45, 7) is 5.73. The van der Waals surface area contributed by atoms with Gasteiger partial charge in [-0.1, -0.05) is 42.5 Å². The number of allylic oxidation sites excluding steroid dienone is 1. The van der Waals surface area contributed by atoms with Crippen LogP contribution in [0.5, 0.6) is 11.5 Å². The zero-order valence-corrected chi connectivity index (χ0v) is 25.2. The maximum absolute atomic E-state index is 14.1. The Labute approximate surface area is 242 Å². The first kappa shape index (κ1) is 28.7. The van der Waals surface area contributed by atoms with E-state index in [1.165, 1.54) is 20.3 Å². The first-order valence-corrected chi connectivity index (χ1v) is 15.3. The number of alkyl halides is 1. The Morgan fingerprint density at radius 1 is 1.00 bits per heavy atom. The van der Waals surface area contributed by atoms with Gasteiger partial charge in [0.15, 0.2) is 11.5 Å². The highest BCUT2D eigenvalue weighted by atomic mass is 35.5. The largest absolute Gasteiger partial charge is 0.493 e. The van der Waals surface area contributed by atoms with Crippen LogP contribution in [0.3, 0.4) is 0 Å². The van der Waals surface area contributed by atoms with Crippen molar-refractivity contribution in [1.82, 2.24) is 9.62 Å². The van der Waals surface area contributed by atoms with Crippen molar-refractivity contribution in [2.45, 2.75) is 54.6 Å². The number of sulfonamides is 1. The Morgan fingerprint density at radius 2 is 1.70 bits per heavy atom. The zero-order chi connectivity index (χ0) is 28.7. The quantitative estimate of drug-likeness (QED) is 0.329. The standard InChI is InChI=1S/C31H37ClN2O5S/c1-30(32)14-12-24(19-31(30,2)39-25-13-15-34(3)20-25)33-40(35,36)29-18-28(38-5)27(37-4)17-26(29)23-11-10-21-8-6-7-9-22(21)16-23/h6-12,16-18,25,33H,13-15,19-20H2,1-5H3/t25-,30?,31?/m1/s1. The summed E-state index contributed by atoms with van der Waals surface area (Å²) in [4.78, 5) is 1.65. The van der Waals surface area contributed by atoms with Gasteiger partial charge in [0.1, 0.15) is 0 Å². The summed E-state index contributed by atoms with van der Waals surface area (Å²) in [5.74, 6) is 0.777. The van der Waals surface area contributed by atoms with Gasteiger partial charge in [-0.3, -0.25) is 4.72 Å². The first-order chi connectivity index (χ1) is 18.9. The van der Waals surface area contributed by atoms with E-state index in [1.807, 2.05) is 62.4 Å². The predicted molar refractivity (Wildman–Crippen MR) is 160 cm³/mol. The van der Waals surface area contributed by atoms with Crippen molar-refractivity contribution in [3.63, 3.8) is 0 Å². The van der Waals surface area contributed by atoms with Crippen LogP contribution in [0.15, 0.2) is 71.3 Å². The molecular weight excluding hydrogens is 548 g/mol. The number of fused-ring (bicyclic) bond motifs is 1. The van der Waals surface area contributed by atoms with Crippen molar-refractivity contribution in [2.75, 3.05) is 34.4 Å². The number of rotatable bonds is 8. The lowest BCUT2D eigenvalue weighted by Crippen LogP contribution is -2.53. The number of methoxy groups -OCH3 is 2. The molecule has 214 valence electrons. The fourth-order valence-corrected chi connectivity index (χ4v) is 7.17. The third-order valence-electron chi connectivity index (χ3n) is 8.24.